The van der Waals surface area contributed by atoms with Gasteiger partial charge in [-0.25, -0.2) is 4.79 Å². The number of para-hydroxylation sites is 1. The molecular formula is C35H37N3O6. The van der Waals surface area contributed by atoms with Gasteiger partial charge >= 0.3 is 6.03 Å². The first-order valence-electron chi connectivity index (χ1n) is 14.9. The molecule has 2 heterocycles. The average molecular weight is 596 g/mol. The highest BCUT2D eigenvalue weighted by atomic mass is 16.7. The Bertz CT molecular complexity index is 1520. The molecule has 0 bridgehead atoms. The molecule has 4 N–H and O–H groups in total. The first-order chi connectivity index (χ1) is 21.5. The summed E-state index contributed by atoms with van der Waals surface area (Å²) in [6, 6.07) is 31.5. The number of carbonyl (C=O) groups excluding carboxylic acids is 1. The summed E-state index contributed by atoms with van der Waals surface area (Å²) in [7, 11) is 0. The van der Waals surface area contributed by atoms with Gasteiger partial charge in [0, 0.05) is 43.0 Å². The number of hydrogen-bond donors (Lipinski definition) is 4. The summed E-state index contributed by atoms with van der Waals surface area (Å²) in [5.41, 5.74) is 3.87. The van der Waals surface area contributed by atoms with Crippen molar-refractivity contribution in [2.24, 2.45) is 0 Å². The summed E-state index contributed by atoms with van der Waals surface area (Å²) >= 11 is 0. The molecule has 6 rings (SSSR count). The molecule has 0 radical (unpaired) electrons. The van der Waals surface area contributed by atoms with Crippen molar-refractivity contribution in [3.8, 4) is 11.5 Å². The quantitative estimate of drug-likeness (QED) is 0.182. The zero-order valence-electron chi connectivity index (χ0n) is 24.3. The summed E-state index contributed by atoms with van der Waals surface area (Å²) in [5.74, 6) is 1.41. The zero-order valence-corrected chi connectivity index (χ0v) is 24.3. The van der Waals surface area contributed by atoms with E-state index in [2.05, 4.69) is 15.5 Å². The fourth-order valence-electron chi connectivity index (χ4n) is 5.59. The van der Waals surface area contributed by atoms with Gasteiger partial charge in [-0.2, -0.15) is 0 Å². The number of nitrogens with one attached hydrogen (secondary N) is 2. The number of hydrogen-bond acceptors (Lipinski definition) is 7. The van der Waals surface area contributed by atoms with Crippen molar-refractivity contribution >= 4 is 17.4 Å². The van der Waals surface area contributed by atoms with Crippen LogP contribution < -0.4 is 15.4 Å². The van der Waals surface area contributed by atoms with Crippen LogP contribution >= 0.6 is 0 Å². The van der Waals surface area contributed by atoms with Gasteiger partial charge in [0.25, 0.3) is 0 Å². The number of nitrogens with zero attached hydrogens (tertiary/aromatic N) is 1. The number of urea groups is 1. The van der Waals surface area contributed by atoms with Gasteiger partial charge in [0.1, 0.15) is 11.5 Å². The first kappa shape index (κ1) is 29.8. The second kappa shape index (κ2) is 14.0. The van der Waals surface area contributed by atoms with E-state index in [9.17, 15) is 15.0 Å². The summed E-state index contributed by atoms with van der Waals surface area (Å²) in [5, 5.41) is 25.3. The van der Waals surface area contributed by atoms with Crippen molar-refractivity contribution in [1.82, 2.24) is 4.90 Å². The maximum Gasteiger partial charge on any atom is 0.323 e. The van der Waals surface area contributed by atoms with Crippen LogP contribution in [0, 0.1) is 0 Å². The van der Waals surface area contributed by atoms with E-state index in [1.165, 1.54) is 0 Å². The summed E-state index contributed by atoms with van der Waals surface area (Å²) in [4.78, 5) is 15.1. The monoisotopic (exact) mass is 595 g/mol. The van der Waals surface area contributed by atoms with Gasteiger partial charge in [0.05, 0.1) is 24.9 Å². The standard InChI is InChI=1S/C35H37N3O6/c39-23-24-9-11-25(12-10-24)33-20-32(22-38-18-17-29(40)21-38)43-34(44-33)26-5-4-6-28(19-26)37-35(41)36-27-13-15-31(16-14-27)42-30-7-2-1-3-8-30/h1-16,19,29,32-34,39-40H,17-18,20-23H2,(H2,36,37,41). The van der Waals surface area contributed by atoms with Gasteiger partial charge in [-0.05, 0) is 66.1 Å². The Morgan fingerprint density at radius 3 is 2.32 bits per heavy atom. The highest BCUT2D eigenvalue weighted by Crippen LogP contribution is 2.39. The lowest BCUT2D eigenvalue weighted by Crippen LogP contribution is -2.38. The molecule has 228 valence electrons. The van der Waals surface area contributed by atoms with Crippen LogP contribution in [0.5, 0.6) is 11.5 Å². The number of aliphatic hydroxyl groups is 2. The normalized spacial score (nSPS) is 22.0. The molecule has 0 aliphatic carbocycles. The van der Waals surface area contributed by atoms with E-state index >= 15 is 0 Å². The molecule has 0 aromatic heterocycles. The topological polar surface area (TPSA) is 113 Å². The molecule has 2 fully saturated rings. The van der Waals surface area contributed by atoms with Crippen LogP contribution in [0.3, 0.4) is 0 Å². The molecular weight excluding hydrogens is 558 g/mol. The summed E-state index contributed by atoms with van der Waals surface area (Å²) in [6.07, 6.45) is 0.146. The third kappa shape index (κ3) is 7.82. The van der Waals surface area contributed by atoms with E-state index in [0.29, 0.717) is 36.6 Å². The molecule has 2 amide bonds. The molecule has 2 saturated heterocycles. The molecule has 4 aromatic rings. The Morgan fingerprint density at radius 2 is 1.59 bits per heavy atom. The molecule has 0 saturated carbocycles. The van der Waals surface area contributed by atoms with E-state index in [0.717, 1.165) is 35.4 Å². The van der Waals surface area contributed by atoms with E-state index < -0.39 is 6.29 Å². The van der Waals surface area contributed by atoms with E-state index in [1.54, 1.807) is 24.3 Å². The lowest BCUT2D eigenvalue weighted by Gasteiger charge is -2.38. The molecule has 4 unspecified atom stereocenters. The van der Waals surface area contributed by atoms with Crippen LogP contribution in [0.15, 0.2) is 103 Å². The van der Waals surface area contributed by atoms with Gasteiger partial charge < -0.3 is 35.1 Å². The predicted octanol–water partition coefficient (Wildman–Crippen LogP) is 6.23. The van der Waals surface area contributed by atoms with Crippen molar-refractivity contribution in [3.05, 3.63) is 120 Å². The molecule has 2 aliphatic heterocycles. The van der Waals surface area contributed by atoms with Crippen molar-refractivity contribution in [2.45, 2.75) is 44.1 Å². The second-order valence-corrected chi connectivity index (χ2v) is 11.2. The highest BCUT2D eigenvalue weighted by Gasteiger charge is 2.34. The SMILES string of the molecule is O=C(Nc1ccc(Oc2ccccc2)cc1)Nc1cccc(C2OC(CN3CCC(O)C3)CC(c3ccc(CO)cc3)O2)c1. The molecule has 9 heteroatoms. The number of likely N-dealkylation sites (tertiary alicyclic amines) is 1. The lowest BCUT2D eigenvalue weighted by molar-refractivity contribution is -0.252. The van der Waals surface area contributed by atoms with Gasteiger partial charge in [-0.1, -0.05) is 54.6 Å². The largest absolute Gasteiger partial charge is 0.457 e. The van der Waals surface area contributed by atoms with E-state index in [-0.39, 0.29) is 30.9 Å². The van der Waals surface area contributed by atoms with Gasteiger partial charge in [0.2, 0.25) is 0 Å². The third-order valence-corrected chi connectivity index (χ3v) is 7.83. The van der Waals surface area contributed by atoms with Crippen molar-refractivity contribution in [2.75, 3.05) is 30.3 Å². The van der Waals surface area contributed by atoms with E-state index in [4.69, 9.17) is 14.2 Å². The smallest absolute Gasteiger partial charge is 0.323 e. The molecule has 0 spiro atoms. The number of β-amino-alcohol motifs (C(OH)–C–C–N with tert-alkyl or cyclic N) is 1. The molecule has 4 aromatic carbocycles. The van der Waals surface area contributed by atoms with Crippen LogP contribution in [-0.4, -0.2) is 53.0 Å². The number of amides is 2. The minimum absolute atomic E-state index is 0.0151. The first-order valence-corrected chi connectivity index (χ1v) is 14.9. The van der Waals surface area contributed by atoms with Gasteiger partial charge in [-0.15, -0.1) is 0 Å². The number of benzene rings is 4. The van der Waals surface area contributed by atoms with Crippen LogP contribution in [0.2, 0.25) is 0 Å². The fourth-order valence-corrected chi connectivity index (χ4v) is 5.59. The number of ether oxygens (including phenoxy) is 3. The van der Waals surface area contributed by atoms with Gasteiger partial charge in [-0.3, -0.25) is 4.90 Å². The van der Waals surface area contributed by atoms with Crippen molar-refractivity contribution in [3.63, 3.8) is 0 Å². The Morgan fingerprint density at radius 1 is 0.841 bits per heavy atom. The molecule has 44 heavy (non-hydrogen) atoms. The van der Waals surface area contributed by atoms with Crippen LogP contribution in [0.1, 0.15) is 41.9 Å². The number of rotatable bonds is 9. The number of carbonyl (C=O) groups is 1. The van der Waals surface area contributed by atoms with Crippen molar-refractivity contribution < 1.29 is 29.2 Å². The average Bonchev–Trinajstić information content (AvgIpc) is 3.46. The Balaban J connectivity index is 1.11. The maximum absolute atomic E-state index is 12.8. The minimum Gasteiger partial charge on any atom is -0.457 e. The lowest BCUT2D eigenvalue weighted by atomic mass is 9.99. The third-order valence-electron chi connectivity index (χ3n) is 7.83. The Labute approximate surface area is 257 Å². The predicted molar refractivity (Wildman–Crippen MR) is 168 cm³/mol. The summed E-state index contributed by atoms with van der Waals surface area (Å²) in [6.45, 7) is 2.15. The maximum atomic E-state index is 12.8. The minimum atomic E-state index is -0.647. The van der Waals surface area contributed by atoms with Crippen LogP contribution in [0.25, 0.3) is 0 Å². The second-order valence-electron chi connectivity index (χ2n) is 11.2. The Hall–Kier alpha value is -4.25. The zero-order chi connectivity index (χ0) is 30.3. The highest BCUT2D eigenvalue weighted by molar-refractivity contribution is 5.99. The van der Waals surface area contributed by atoms with Crippen LogP contribution in [0.4, 0.5) is 16.2 Å². The summed E-state index contributed by atoms with van der Waals surface area (Å²) < 4.78 is 18.7. The van der Waals surface area contributed by atoms with Gasteiger partial charge in [0.15, 0.2) is 6.29 Å². The number of anilines is 2. The molecule has 4 atom stereocenters. The number of aliphatic hydroxyl groups excluding tert-OH is 2. The van der Waals surface area contributed by atoms with E-state index in [1.807, 2.05) is 78.9 Å². The Kier molecular flexibility index (Phi) is 9.50. The fraction of sp³-hybridized carbons (Fsp3) is 0.286. The van der Waals surface area contributed by atoms with Crippen LogP contribution in [-0.2, 0) is 16.1 Å². The molecule has 2 aliphatic rings. The van der Waals surface area contributed by atoms with Crippen molar-refractivity contribution in [1.29, 1.82) is 0 Å². The molecule has 9 nitrogen and oxygen atoms in total.